The number of allylic oxidation sites excluding steroid dienone is 4. The fraction of sp³-hybridized carbons (Fsp3) is 0.387. The van der Waals surface area contributed by atoms with Crippen LogP contribution < -0.4 is 10.1 Å². The van der Waals surface area contributed by atoms with Gasteiger partial charge in [0.1, 0.15) is 23.1 Å². The first kappa shape index (κ1) is 27.1. The van der Waals surface area contributed by atoms with Crippen LogP contribution in [-0.2, 0) is 19.1 Å². The van der Waals surface area contributed by atoms with E-state index in [0.717, 1.165) is 0 Å². The summed E-state index contributed by atoms with van der Waals surface area (Å²) in [7, 11) is 0. The number of hydrogen-bond donors (Lipinski definition) is 1. The van der Waals surface area contributed by atoms with Crippen molar-refractivity contribution >= 4 is 34.8 Å². The predicted molar refractivity (Wildman–Crippen MR) is 146 cm³/mol. The first-order chi connectivity index (χ1) is 18.3. The van der Waals surface area contributed by atoms with Crippen molar-refractivity contribution in [1.82, 2.24) is 0 Å². The summed E-state index contributed by atoms with van der Waals surface area (Å²) in [6.07, 6.45) is 1.77. The van der Waals surface area contributed by atoms with Crippen LogP contribution in [0.1, 0.15) is 64.9 Å². The Hall–Kier alpha value is -3.45. The van der Waals surface area contributed by atoms with E-state index in [1.54, 1.807) is 18.2 Å². The zero-order valence-electron chi connectivity index (χ0n) is 22.5. The highest BCUT2D eigenvalue weighted by molar-refractivity contribution is 6.30. The van der Waals surface area contributed by atoms with E-state index in [2.05, 4.69) is 5.32 Å². The Morgan fingerprint density at radius 3 is 2.08 bits per heavy atom. The molecular weight excluding hydrogens is 521 g/mol. The van der Waals surface area contributed by atoms with Gasteiger partial charge in [0, 0.05) is 53.1 Å². The zero-order valence-corrected chi connectivity index (χ0v) is 23.2. The first-order valence-corrected chi connectivity index (χ1v) is 13.4. The van der Waals surface area contributed by atoms with Gasteiger partial charge in [-0.2, -0.15) is 0 Å². The lowest BCUT2D eigenvalue weighted by atomic mass is 9.65. The number of amides is 1. The number of anilines is 1. The molecule has 1 aliphatic heterocycles. The Morgan fingerprint density at radius 1 is 0.949 bits per heavy atom. The molecule has 0 bridgehead atoms. The van der Waals surface area contributed by atoms with Crippen LogP contribution >= 0.6 is 11.6 Å². The molecule has 5 rings (SSSR count). The van der Waals surface area contributed by atoms with Crippen molar-refractivity contribution in [2.45, 2.75) is 59.3 Å². The van der Waals surface area contributed by atoms with Gasteiger partial charge in [-0.1, -0.05) is 39.3 Å². The number of ether oxygens (including phenoxy) is 2. The summed E-state index contributed by atoms with van der Waals surface area (Å²) < 4.78 is 25.5. The molecule has 2 aromatic carbocycles. The van der Waals surface area contributed by atoms with Crippen molar-refractivity contribution in [2.75, 3.05) is 11.9 Å². The maximum atomic E-state index is 13.6. The number of nitrogens with one attached hydrogen (secondary N) is 1. The summed E-state index contributed by atoms with van der Waals surface area (Å²) in [6, 6.07) is 10.4. The third-order valence-corrected chi connectivity index (χ3v) is 7.59. The Balaban J connectivity index is 1.53. The van der Waals surface area contributed by atoms with Crippen LogP contribution in [0.2, 0.25) is 5.02 Å². The minimum absolute atomic E-state index is 0.0737. The van der Waals surface area contributed by atoms with Crippen LogP contribution in [0.3, 0.4) is 0 Å². The molecule has 0 atom stereocenters. The van der Waals surface area contributed by atoms with Crippen molar-refractivity contribution < 1.29 is 28.2 Å². The third-order valence-electron chi connectivity index (χ3n) is 7.35. The lowest BCUT2D eigenvalue weighted by Gasteiger charge is -2.43. The number of Topliss-reactive ketones (excluding diaryl/α,β-unsaturated/α-hetero) is 2. The largest absolute Gasteiger partial charge is 0.483 e. The molecule has 0 aromatic heterocycles. The summed E-state index contributed by atoms with van der Waals surface area (Å²) in [5, 5.41) is 3.08. The van der Waals surface area contributed by atoms with Gasteiger partial charge < -0.3 is 14.8 Å². The summed E-state index contributed by atoms with van der Waals surface area (Å²) >= 11 is 6.43. The van der Waals surface area contributed by atoms with Gasteiger partial charge in [-0.25, -0.2) is 4.39 Å². The lowest BCUT2D eigenvalue weighted by Crippen LogP contribution is -2.37. The summed E-state index contributed by atoms with van der Waals surface area (Å²) in [5.74, 6) is -0.184. The molecule has 1 heterocycles. The lowest BCUT2D eigenvalue weighted by molar-refractivity contribution is -0.121. The summed E-state index contributed by atoms with van der Waals surface area (Å²) in [4.78, 5) is 39.8. The number of carbonyl (C=O) groups excluding carboxylic acids is 3. The molecule has 2 aliphatic carbocycles. The molecule has 8 heteroatoms. The predicted octanol–water partition coefficient (Wildman–Crippen LogP) is 6.90. The average Bonchev–Trinajstić information content (AvgIpc) is 2.82. The Bertz CT molecular complexity index is 1390. The maximum absolute atomic E-state index is 13.6. The smallest absolute Gasteiger partial charge is 0.262 e. The molecule has 204 valence electrons. The highest BCUT2D eigenvalue weighted by Crippen LogP contribution is 2.54. The number of hydrogen-bond acceptors (Lipinski definition) is 5. The number of rotatable bonds is 5. The van der Waals surface area contributed by atoms with E-state index < -0.39 is 17.6 Å². The number of ketones is 2. The Kier molecular flexibility index (Phi) is 6.91. The van der Waals surface area contributed by atoms with Gasteiger partial charge >= 0.3 is 0 Å². The Morgan fingerprint density at radius 2 is 1.51 bits per heavy atom. The quantitative estimate of drug-likeness (QED) is 0.437. The van der Waals surface area contributed by atoms with Crippen molar-refractivity contribution in [1.29, 1.82) is 0 Å². The van der Waals surface area contributed by atoms with Crippen molar-refractivity contribution in [3.63, 3.8) is 0 Å². The van der Waals surface area contributed by atoms with Crippen molar-refractivity contribution in [2.24, 2.45) is 10.8 Å². The van der Waals surface area contributed by atoms with Gasteiger partial charge in [-0.15, -0.1) is 0 Å². The highest BCUT2D eigenvalue weighted by Gasteiger charge is 2.48. The van der Waals surface area contributed by atoms with Crippen LogP contribution in [0.5, 0.6) is 5.75 Å². The van der Waals surface area contributed by atoms with Crippen molar-refractivity contribution in [3.8, 4) is 5.75 Å². The van der Waals surface area contributed by atoms with Crippen LogP contribution in [0.4, 0.5) is 10.1 Å². The van der Waals surface area contributed by atoms with E-state index >= 15 is 0 Å². The minimum atomic E-state index is -0.704. The van der Waals surface area contributed by atoms with Gasteiger partial charge in [0.15, 0.2) is 18.2 Å². The molecular formula is C31H31ClFNO5. The molecule has 39 heavy (non-hydrogen) atoms. The molecule has 1 amide bonds. The molecule has 0 unspecified atom stereocenters. The monoisotopic (exact) mass is 551 g/mol. The van der Waals surface area contributed by atoms with Crippen LogP contribution in [0, 0.1) is 16.6 Å². The van der Waals surface area contributed by atoms with Crippen molar-refractivity contribution in [3.05, 3.63) is 81.5 Å². The minimum Gasteiger partial charge on any atom is -0.483 e. The van der Waals surface area contributed by atoms with Gasteiger partial charge in [0.25, 0.3) is 5.91 Å². The summed E-state index contributed by atoms with van der Waals surface area (Å²) in [6.45, 7) is 7.78. The summed E-state index contributed by atoms with van der Waals surface area (Å²) in [5.41, 5.74) is 1.34. The third kappa shape index (κ3) is 5.64. The second kappa shape index (κ2) is 9.94. The molecule has 3 aliphatic rings. The zero-order chi connectivity index (χ0) is 28.1. The first-order valence-electron chi connectivity index (χ1n) is 13.0. The topological polar surface area (TPSA) is 81.7 Å². The van der Waals surface area contributed by atoms with E-state index in [-0.39, 0.29) is 29.0 Å². The Labute approximate surface area is 232 Å². The molecule has 0 radical (unpaired) electrons. The molecule has 0 saturated heterocycles. The van der Waals surface area contributed by atoms with Gasteiger partial charge in [0.2, 0.25) is 0 Å². The standard InChI is InChI=1S/C31H31ClFNO5/c1-30(2)12-21(35)28-24(14-30)39-25-15-31(3,4)13-22(36)29(25)27(28)20-11-17(32)5-10-23(20)38-16-26(37)34-19-8-6-18(33)7-9-19/h5-11,27H,12-16H2,1-4H3,(H,34,37). The molecule has 0 fully saturated rings. The van der Waals surface area contributed by atoms with Crippen LogP contribution in [-0.4, -0.2) is 24.1 Å². The van der Waals surface area contributed by atoms with E-state index in [4.69, 9.17) is 21.1 Å². The van der Waals surface area contributed by atoms with Crippen LogP contribution in [0.15, 0.2) is 65.1 Å². The van der Waals surface area contributed by atoms with Crippen LogP contribution in [0.25, 0.3) is 0 Å². The normalized spacial score (nSPS) is 20.3. The van der Waals surface area contributed by atoms with E-state index in [1.807, 2.05) is 27.7 Å². The average molecular weight is 552 g/mol. The molecule has 0 saturated carbocycles. The number of benzene rings is 2. The van der Waals surface area contributed by atoms with Gasteiger partial charge in [-0.3, -0.25) is 14.4 Å². The highest BCUT2D eigenvalue weighted by atomic mass is 35.5. The maximum Gasteiger partial charge on any atom is 0.262 e. The molecule has 1 N–H and O–H groups in total. The van der Waals surface area contributed by atoms with E-state index in [9.17, 15) is 18.8 Å². The van der Waals surface area contributed by atoms with E-state index in [0.29, 0.717) is 70.4 Å². The fourth-order valence-corrected chi connectivity index (χ4v) is 5.92. The molecule has 0 spiro atoms. The number of halogens is 2. The van der Waals surface area contributed by atoms with Gasteiger partial charge in [-0.05, 0) is 53.3 Å². The molecule has 2 aromatic rings. The SMILES string of the molecule is CC1(C)CC(=O)C2=C(C1)OC1=C(C(=O)CC(C)(C)C1)C2c1cc(Cl)ccc1OCC(=O)Nc1ccc(F)cc1. The molecule has 6 nitrogen and oxygen atoms in total. The second-order valence-corrected chi connectivity index (χ2v) is 12.6. The number of carbonyl (C=O) groups is 3. The van der Waals surface area contributed by atoms with E-state index in [1.165, 1.54) is 24.3 Å². The fourth-order valence-electron chi connectivity index (χ4n) is 5.74. The second-order valence-electron chi connectivity index (χ2n) is 12.1. The van der Waals surface area contributed by atoms with Gasteiger partial charge in [0.05, 0.1) is 5.92 Å².